The number of aryl methyl sites for hydroxylation is 1. The number of hydrogen-bond acceptors (Lipinski definition) is 4. The van der Waals surface area contributed by atoms with Gasteiger partial charge in [-0.3, -0.25) is 0 Å². The maximum absolute atomic E-state index is 12.8. The molecule has 0 spiro atoms. The van der Waals surface area contributed by atoms with Crippen molar-refractivity contribution in [2.75, 3.05) is 44.6 Å². The van der Waals surface area contributed by atoms with Crippen LogP contribution in [0, 0.1) is 0 Å². The molecule has 0 aliphatic carbocycles. The van der Waals surface area contributed by atoms with Gasteiger partial charge in [-0.15, -0.1) is 0 Å². The second kappa shape index (κ2) is 8.27. The Morgan fingerprint density at radius 2 is 2.15 bits per heavy atom. The number of benzene rings is 1. The van der Waals surface area contributed by atoms with Crippen molar-refractivity contribution in [1.82, 2.24) is 19.8 Å². The molecule has 0 unspecified atom stereocenters. The molecule has 2 N–H and O–H groups in total. The minimum Gasteiger partial charge on any atom is -0.375 e. The molecule has 2 aliphatic heterocycles. The van der Waals surface area contributed by atoms with Gasteiger partial charge in [0.2, 0.25) is 0 Å². The first kappa shape index (κ1) is 18.3. The van der Waals surface area contributed by atoms with Gasteiger partial charge in [0, 0.05) is 38.3 Å². The molecule has 2 aliphatic rings. The number of likely N-dealkylation sites (tertiary alicyclic amines) is 1. The average molecular weight is 371 g/mol. The van der Waals surface area contributed by atoms with E-state index in [0.29, 0.717) is 6.54 Å². The molecule has 2 fully saturated rings. The van der Waals surface area contributed by atoms with Gasteiger partial charge in [-0.1, -0.05) is 6.92 Å². The van der Waals surface area contributed by atoms with Crippen molar-refractivity contribution < 1.29 is 9.53 Å². The van der Waals surface area contributed by atoms with E-state index >= 15 is 0 Å². The molecule has 4 rings (SSSR count). The summed E-state index contributed by atoms with van der Waals surface area (Å²) in [6.07, 6.45) is 4.38. The minimum atomic E-state index is -0.0542. The smallest absolute Gasteiger partial charge is 0.321 e. The molecule has 1 atom stereocenters. The van der Waals surface area contributed by atoms with Gasteiger partial charge < -0.3 is 24.8 Å². The molecular formula is C20H29N5O2. The topological polar surface area (TPSA) is 73.5 Å². The predicted molar refractivity (Wildman–Crippen MR) is 106 cm³/mol. The van der Waals surface area contributed by atoms with Crippen LogP contribution in [0.2, 0.25) is 0 Å². The summed E-state index contributed by atoms with van der Waals surface area (Å²) in [4.78, 5) is 25.0. The number of amides is 2. The van der Waals surface area contributed by atoms with Gasteiger partial charge >= 0.3 is 6.03 Å². The fourth-order valence-corrected chi connectivity index (χ4v) is 3.95. The number of aromatic nitrogens is 2. The number of anilines is 1. The molecule has 2 amide bonds. The van der Waals surface area contributed by atoms with Crippen LogP contribution in [0.25, 0.3) is 11.0 Å². The van der Waals surface area contributed by atoms with Crippen LogP contribution in [0.4, 0.5) is 10.5 Å². The van der Waals surface area contributed by atoms with Crippen molar-refractivity contribution in [3.63, 3.8) is 0 Å². The molecule has 7 heteroatoms. The highest BCUT2D eigenvalue weighted by Gasteiger charge is 2.25. The third kappa shape index (κ3) is 4.42. The zero-order valence-corrected chi connectivity index (χ0v) is 16.0. The Hall–Kier alpha value is -2.12. The number of carbonyl (C=O) groups is 1. The number of ether oxygens (including phenoxy) is 1. The summed E-state index contributed by atoms with van der Waals surface area (Å²) in [5.74, 6) is 0.961. The van der Waals surface area contributed by atoms with E-state index < -0.39 is 0 Å². The number of nitrogens with one attached hydrogen (secondary N) is 2. The number of imidazole rings is 1. The van der Waals surface area contributed by atoms with Crippen LogP contribution in [-0.4, -0.2) is 71.2 Å². The lowest BCUT2D eigenvalue weighted by molar-refractivity contribution is 0.0355. The van der Waals surface area contributed by atoms with Crippen molar-refractivity contribution in [2.24, 2.45) is 0 Å². The van der Waals surface area contributed by atoms with Crippen molar-refractivity contribution in [1.29, 1.82) is 0 Å². The first-order valence-electron chi connectivity index (χ1n) is 10.1. The van der Waals surface area contributed by atoms with E-state index in [-0.39, 0.29) is 12.1 Å². The lowest BCUT2D eigenvalue weighted by Gasteiger charge is -2.27. The summed E-state index contributed by atoms with van der Waals surface area (Å²) in [5.41, 5.74) is 2.68. The second-order valence-corrected chi connectivity index (χ2v) is 7.50. The van der Waals surface area contributed by atoms with E-state index in [0.717, 1.165) is 68.2 Å². The molecule has 3 heterocycles. The average Bonchev–Trinajstić information content (AvgIpc) is 3.26. The van der Waals surface area contributed by atoms with E-state index in [9.17, 15) is 4.79 Å². The Morgan fingerprint density at radius 1 is 1.30 bits per heavy atom. The maximum atomic E-state index is 12.8. The Labute approximate surface area is 160 Å². The summed E-state index contributed by atoms with van der Waals surface area (Å²) in [6.45, 7) is 7.39. The zero-order valence-electron chi connectivity index (χ0n) is 16.0. The monoisotopic (exact) mass is 371 g/mol. The summed E-state index contributed by atoms with van der Waals surface area (Å²) in [6, 6.07) is 5.76. The zero-order chi connectivity index (χ0) is 18.6. The van der Waals surface area contributed by atoms with E-state index in [1.54, 1.807) is 0 Å². The molecule has 0 bridgehead atoms. The summed E-state index contributed by atoms with van der Waals surface area (Å²) in [5, 5.41) is 3.04. The number of H-pyrrole nitrogens is 1. The molecule has 1 aromatic heterocycles. The Balaban J connectivity index is 1.39. The highest BCUT2D eigenvalue weighted by molar-refractivity contribution is 5.92. The van der Waals surface area contributed by atoms with Gasteiger partial charge in [-0.25, -0.2) is 9.78 Å². The molecule has 2 saturated heterocycles. The van der Waals surface area contributed by atoms with E-state index in [4.69, 9.17) is 4.74 Å². The summed E-state index contributed by atoms with van der Waals surface area (Å²) < 4.78 is 5.99. The van der Waals surface area contributed by atoms with Gasteiger partial charge in [0.05, 0.1) is 17.1 Å². The molecule has 27 heavy (non-hydrogen) atoms. The lowest BCUT2D eigenvalue weighted by Crippen LogP contribution is -2.43. The number of urea groups is 1. The van der Waals surface area contributed by atoms with E-state index in [1.165, 1.54) is 12.8 Å². The first-order valence-corrected chi connectivity index (χ1v) is 10.1. The van der Waals surface area contributed by atoms with Gasteiger partial charge in [0.15, 0.2) is 0 Å². The standard InChI is InChI=1S/C20H29N5O2/c1-2-19-22-17-7-6-15(12-18(17)23-19)21-20(26)25-10-5-11-27-16(14-25)13-24-8-3-4-9-24/h6-7,12,16H,2-5,8-11,13-14H2,1H3,(H,21,26)(H,22,23)/t16-/m1/s1. The Bertz CT molecular complexity index is 784. The molecule has 0 saturated carbocycles. The van der Waals surface area contributed by atoms with Crippen LogP contribution >= 0.6 is 0 Å². The number of fused-ring (bicyclic) bond motifs is 1. The number of hydrogen-bond donors (Lipinski definition) is 2. The second-order valence-electron chi connectivity index (χ2n) is 7.50. The highest BCUT2D eigenvalue weighted by atomic mass is 16.5. The predicted octanol–water partition coefficient (Wildman–Crippen LogP) is 2.84. The number of nitrogens with zero attached hydrogens (tertiary/aromatic N) is 3. The number of aromatic amines is 1. The molecule has 0 radical (unpaired) electrons. The fraction of sp³-hybridized carbons (Fsp3) is 0.600. The van der Waals surface area contributed by atoms with Gasteiger partial charge in [0.25, 0.3) is 0 Å². The highest BCUT2D eigenvalue weighted by Crippen LogP contribution is 2.19. The molecule has 146 valence electrons. The first-order chi connectivity index (χ1) is 13.2. The molecule has 7 nitrogen and oxygen atoms in total. The van der Waals surface area contributed by atoms with E-state index in [2.05, 4.69) is 27.1 Å². The van der Waals surface area contributed by atoms with Gasteiger partial charge in [0.1, 0.15) is 5.82 Å². The largest absolute Gasteiger partial charge is 0.375 e. The Kier molecular flexibility index (Phi) is 5.59. The SMILES string of the molecule is CCc1nc2ccc(NC(=O)N3CCCO[C@H](CN4CCCC4)C3)cc2[nH]1. The van der Waals surface area contributed by atoms with Crippen LogP contribution in [-0.2, 0) is 11.2 Å². The Morgan fingerprint density at radius 3 is 2.96 bits per heavy atom. The van der Waals surface area contributed by atoms with Crippen LogP contribution in [0.5, 0.6) is 0 Å². The third-order valence-electron chi connectivity index (χ3n) is 5.41. The summed E-state index contributed by atoms with van der Waals surface area (Å²) in [7, 11) is 0. The van der Waals surface area contributed by atoms with Crippen molar-refractivity contribution in [3.8, 4) is 0 Å². The van der Waals surface area contributed by atoms with Crippen LogP contribution in [0.3, 0.4) is 0 Å². The molecule has 1 aromatic carbocycles. The van der Waals surface area contributed by atoms with Crippen molar-refractivity contribution >= 4 is 22.8 Å². The van der Waals surface area contributed by atoms with E-state index in [1.807, 2.05) is 23.1 Å². The lowest BCUT2D eigenvalue weighted by atomic mass is 10.2. The van der Waals surface area contributed by atoms with Crippen LogP contribution in [0.1, 0.15) is 32.0 Å². The normalized spacial score (nSPS) is 21.5. The third-order valence-corrected chi connectivity index (χ3v) is 5.41. The van der Waals surface area contributed by atoms with Crippen molar-refractivity contribution in [2.45, 2.75) is 38.7 Å². The van der Waals surface area contributed by atoms with Gasteiger partial charge in [-0.05, 0) is 50.6 Å². The van der Waals surface area contributed by atoms with Gasteiger partial charge in [-0.2, -0.15) is 0 Å². The fourth-order valence-electron chi connectivity index (χ4n) is 3.95. The number of rotatable bonds is 4. The summed E-state index contributed by atoms with van der Waals surface area (Å²) >= 11 is 0. The maximum Gasteiger partial charge on any atom is 0.321 e. The quantitative estimate of drug-likeness (QED) is 0.867. The minimum absolute atomic E-state index is 0.0542. The molecular weight excluding hydrogens is 342 g/mol. The molecule has 2 aromatic rings. The van der Waals surface area contributed by atoms with Crippen LogP contribution in [0.15, 0.2) is 18.2 Å². The number of carbonyl (C=O) groups excluding carboxylic acids is 1. The van der Waals surface area contributed by atoms with Crippen molar-refractivity contribution in [3.05, 3.63) is 24.0 Å². The van der Waals surface area contributed by atoms with Crippen LogP contribution < -0.4 is 5.32 Å².